The molecule has 186 valence electrons. The van der Waals surface area contributed by atoms with Gasteiger partial charge in [-0.3, -0.25) is 14.5 Å². The fourth-order valence-corrected chi connectivity index (χ4v) is 4.84. The summed E-state index contributed by atoms with van der Waals surface area (Å²) in [7, 11) is 0. The lowest BCUT2D eigenvalue weighted by molar-refractivity contribution is -0.142. The second kappa shape index (κ2) is 9.55. The number of nitriles is 1. The van der Waals surface area contributed by atoms with E-state index in [4.69, 9.17) is 9.84 Å². The topological polar surface area (TPSA) is 88.2 Å². The minimum absolute atomic E-state index is 0.00758. The SMILES string of the molecule is CCC(C)N1C(=O)C(C#N)=C(C)/C(=C\c2cn(-c3ccccc3)nc2-c2ccc3c(c2)CC(C)O3)C1=O. The van der Waals surface area contributed by atoms with Gasteiger partial charge in [-0.15, -0.1) is 0 Å². The number of imide groups is 1. The van der Waals surface area contributed by atoms with Gasteiger partial charge in [0.15, 0.2) is 0 Å². The molecule has 2 aliphatic rings. The average molecular weight is 493 g/mol. The summed E-state index contributed by atoms with van der Waals surface area (Å²) in [5.41, 5.74) is 5.00. The normalized spacial score (nSPS) is 19.2. The molecule has 0 spiro atoms. The third kappa shape index (κ3) is 4.25. The Morgan fingerprint density at radius 1 is 1.19 bits per heavy atom. The summed E-state index contributed by atoms with van der Waals surface area (Å²) in [4.78, 5) is 27.7. The van der Waals surface area contributed by atoms with Crippen LogP contribution in [-0.4, -0.2) is 38.6 Å². The third-order valence-electron chi connectivity index (χ3n) is 7.04. The van der Waals surface area contributed by atoms with E-state index in [0.29, 0.717) is 28.8 Å². The lowest BCUT2D eigenvalue weighted by Gasteiger charge is -2.31. The summed E-state index contributed by atoms with van der Waals surface area (Å²) in [5.74, 6) is -0.0591. The van der Waals surface area contributed by atoms with E-state index in [0.717, 1.165) is 29.0 Å². The van der Waals surface area contributed by atoms with E-state index in [1.807, 2.05) is 75.5 Å². The molecule has 2 atom stereocenters. The second-order valence-electron chi connectivity index (χ2n) is 9.58. The fourth-order valence-electron chi connectivity index (χ4n) is 4.84. The maximum atomic E-state index is 13.6. The molecule has 0 saturated carbocycles. The summed E-state index contributed by atoms with van der Waals surface area (Å²) in [6.07, 6.45) is 5.16. The molecule has 0 bridgehead atoms. The van der Waals surface area contributed by atoms with Crippen molar-refractivity contribution in [3.63, 3.8) is 0 Å². The van der Waals surface area contributed by atoms with Crippen LogP contribution in [0, 0.1) is 11.3 Å². The zero-order chi connectivity index (χ0) is 26.3. The number of benzene rings is 2. The Labute approximate surface area is 216 Å². The monoisotopic (exact) mass is 492 g/mol. The maximum absolute atomic E-state index is 13.6. The highest BCUT2D eigenvalue weighted by Gasteiger charge is 2.38. The van der Waals surface area contributed by atoms with Crippen molar-refractivity contribution in [1.29, 1.82) is 5.26 Å². The molecular weight excluding hydrogens is 464 g/mol. The number of hydrogen-bond acceptors (Lipinski definition) is 5. The van der Waals surface area contributed by atoms with Gasteiger partial charge in [0.1, 0.15) is 23.5 Å². The van der Waals surface area contributed by atoms with Crippen molar-refractivity contribution in [3.8, 4) is 28.8 Å². The Morgan fingerprint density at radius 2 is 1.95 bits per heavy atom. The number of carbonyl (C=O) groups excluding carboxylic acids is 2. The molecule has 3 heterocycles. The van der Waals surface area contributed by atoms with Gasteiger partial charge in [0.05, 0.1) is 11.4 Å². The van der Waals surface area contributed by atoms with Crippen molar-refractivity contribution in [2.45, 2.75) is 52.7 Å². The smallest absolute Gasteiger partial charge is 0.271 e. The number of rotatable bonds is 5. The number of aromatic nitrogens is 2. The lowest BCUT2D eigenvalue weighted by atomic mass is 9.92. The van der Waals surface area contributed by atoms with Gasteiger partial charge >= 0.3 is 0 Å². The fraction of sp³-hybridized carbons (Fsp3) is 0.267. The highest BCUT2D eigenvalue weighted by molar-refractivity contribution is 6.20. The molecular formula is C30H28N4O3. The van der Waals surface area contributed by atoms with Crippen LogP contribution in [0.5, 0.6) is 5.75 Å². The van der Waals surface area contributed by atoms with Crippen molar-refractivity contribution in [1.82, 2.24) is 14.7 Å². The van der Waals surface area contributed by atoms with Crippen LogP contribution in [-0.2, 0) is 16.0 Å². The molecule has 0 aliphatic carbocycles. The molecule has 7 heteroatoms. The number of hydrogen-bond donors (Lipinski definition) is 0. The summed E-state index contributed by atoms with van der Waals surface area (Å²) in [5, 5.41) is 14.6. The van der Waals surface area contributed by atoms with Gasteiger partial charge in [-0.25, -0.2) is 4.68 Å². The highest BCUT2D eigenvalue weighted by atomic mass is 16.5. The zero-order valence-electron chi connectivity index (χ0n) is 21.4. The van der Waals surface area contributed by atoms with E-state index in [-0.39, 0.29) is 17.7 Å². The largest absolute Gasteiger partial charge is 0.490 e. The van der Waals surface area contributed by atoms with E-state index in [1.165, 1.54) is 4.90 Å². The van der Waals surface area contributed by atoms with E-state index in [9.17, 15) is 14.9 Å². The Hall–Kier alpha value is -4.44. The standard InChI is InChI=1S/C30H28N4O3/c1-5-18(2)34-29(35)25(20(4)26(16-31)30(34)36)15-23-17-33(24-9-7-6-8-10-24)32-28(23)21-11-12-27-22(14-21)13-19(3)37-27/h6-12,14-15,17-19H,5,13H2,1-4H3/b25-15+. The number of fused-ring (bicyclic) bond motifs is 1. The van der Waals surface area contributed by atoms with Crippen LogP contribution in [0.2, 0.25) is 0 Å². The molecule has 2 amide bonds. The number of carbonyl (C=O) groups is 2. The first-order valence-electron chi connectivity index (χ1n) is 12.5. The van der Waals surface area contributed by atoms with E-state index in [2.05, 4.69) is 6.07 Å². The third-order valence-corrected chi connectivity index (χ3v) is 7.04. The van der Waals surface area contributed by atoms with Crippen LogP contribution in [0.3, 0.4) is 0 Å². The van der Waals surface area contributed by atoms with Gasteiger partial charge in [0.25, 0.3) is 11.8 Å². The van der Waals surface area contributed by atoms with Crippen molar-refractivity contribution in [3.05, 3.63) is 82.6 Å². The van der Waals surface area contributed by atoms with E-state index < -0.39 is 11.8 Å². The summed E-state index contributed by atoms with van der Waals surface area (Å²) in [6.45, 7) is 7.42. The van der Waals surface area contributed by atoms with Crippen LogP contribution in [0.1, 0.15) is 45.2 Å². The molecule has 5 rings (SSSR count). The highest BCUT2D eigenvalue weighted by Crippen LogP contribution is 2.36. The number of ether oxygens (including phenoxy) is 1. The molecule has 2 unspecified atom stereocenters. The second-order valence-corrected chi connectivity index (χ2v) is 9.58. The molecule has 0 radical (unpaired) electrons. The first-order valence-corrected chi connectivity index (χ1v) is 12.5. The van der Waals surface area contributed by atoms with Gasteiger partial charge < -0.3 is 4.74 Å². The first kappa shape index (κ1) is 24.3. The molecule has 1 aromatic heterocycles. The lowest BCUT2D eigenvalue weighted by Crippen LogP contribution is -2.47. The van der Waals surface area contributed by atoms with Crippen molar-refractivity contribution < 1.29 is 14.3 Å². The Bertz CT molecular complexity index is 1510. The van der Waals surface area contributed by atoms with Gasteiger partial charge in [0.2, 0.25) is 0 Å². The van der Waals surface area contributed by atoms with Crippen molar-refractivity contribution >= 4 is 17.9 Å². The number of amides is 2. The molecule has 0 fully saturated rings. The quantitative estimate of drug-likeness (QED) is 0.358. The van der Waals surface area contributed by atoms with E-state index in [1.54, 1.807) is 17.7 Å². The minimum Gasteiger partial charge on any atom is -0.490 e. The molecule has 0 N–H and O–H groups in total. The maximum Gasteiger partial charge on any atom is 0.271 e. The Balaban J connectivity index is 1.69. The van der Waals surface area contributed by atoms with Crippen LogP contribution in [0.25, 0.3) is 23.0 Å². The first-order chi connectivity index (χ1) is 17.8. The van der Waals surface area contributed by atoms with Gasteiger partial charge in [-0.1, -0.05) is 25.1 Å². The molecule has 7 nitrogen and oxygen atoms in total. The molecule has 2 aromatic carbocycles. The molecule has 0 saturated heterocycles. The predicted octanol–water partition coefficient (Wildman–Crippen LogP) is 5.25. The molecule has 2 aliphatic heterocycles. The van der Waals surface area contributed by atoms with Crippen LogP contribution in [0.15, 0.2) is 71.4 Å². The number of para-hydroxylation sites is 1. The molecule has 37 heavy (non-hydrogen) atoms. The van der Waals surface area contributed by atoms with Crippen LogP contribution >= 0.6 is 0 Å². The summed E-state index contributed by atoms with van der Waals surface area (Å²) < 4.78 is 7.66. The summed E-state index contributed by atoms with van der Waals surface area (Å²) in [6, 6.07) is 17.4. The average Bonchev–Trinajstić information content (AvgIpc) is 3.49. The van der Waals surface area contributed by atoms with E-state index >= 15 is 0 Å². The van der Waals surface area contributed by atoms with Gasteiger partial charge in [-0.05, 0) is 74.7 Å². The summed E-state index contributed by atoms with van der Waals surface area (Å²) >= 11 is 0. The van der Waals surface area contributed by atoms with Crippen molar-refractivity contribution in [2.24, 2.45) is 0 Å². The molecule has 3 aromatic rings. The minimum atomic E-state index is -0.538. The predicted molar refractivity (Wildman–Crippen MR) is 141 cm³/mol. The van der Waals surface area contributed by atoms with Gasteiger partial charge in [0, 0.05) is 35.4 Å². The van der Waals surface area contributed by atoms with Crippen LogP contribution in [0.4, 0.5) is 0 Å². The Morgan fingerprint density at radius 3 is 2.65 bits per heavy atom. The van der Waals surface area contributed by atoms with Crippen LogP contribution < -0.4 is 4.74 Å². The van der Waals surface area contributed by atoms with Crippen molar-refractivity contribution in [2.75, 3.05) is 0 Å². The Kier molecular flexibility index (Phi) is 6.26. The van der Waals surface area contributed by atoms with Gasteiger partial charge in [-0.2, -0.15) is 10.4 Å². The zero-order valence-corrected chi connectivity index (χ0v) is 21.4. The number of nitrogens with zero attached hydrogens (tertiary/aromatic N) is 4.